The zero-order valence-corrected chi connectivity index (χ0v) is 11.1. The first-order valence-electron chi connectivity index (χ1n) is 6.17. The molecule has 0 saturated carbocycles. The summed E-state index contributed by atoms with van der Waals surface area (Å²) in [5.41, 5.74) is -0.434. The number of imidazole rings is 1. The molecule has 0 spiro atoms. The van der Waals surface area contributed by atoms with Gasteiger partial charge in [0.25, 0.3) is 0 Å². The van der Waals surface area contributed by atoms with Crippen molar-refractivity contribution in [3.8, 4) is 0 Å². The Kier molecular flexibility index (Phi) is 3.45. The van der Waals surface area contributed by atoms with Crippen LogP contribution in [0.2, 0.25) is 0 Å². The Morgan fingerprint density at radius 1 is 1.33 bits per heavy atom. The number of nitrogens with one attached hydrogen (secondary N) is 1. The van der Waals surface area contributed by atoms with Crippen LogP contribution in [-0.2, 0) is 4.74 Å². The van der Waals surface area contributed by atoms with Gasteiger partial charge >= 0.3 is 6.09 Å². The van der Waals surface area contributed by atoms with Crippen LogP contribution in [0, 0.1) is 0 Å². The van der Waals surface area contributed by atoms with Gasteiger partial charge in [-0.05, 0) is 20.8 Å². The summed E-state index contributed by atoms with van der Waals surface area (Å²) >= 11 is 0. The molecule has 2 heterocycles. The first-order valence-corrected chi connectivity index (χ1v) is 6.17. The molecule has 1 aliphatic rings. The van der Waals surface area contributed by atoms with Gasteiger partial charge in [-0.15, -0.1) is 0 Å². The molecule has 0 aromatic carbocycles. The van der Waals surface area contributed by atoms with Crippen molar-refractivity contribution in [1.29, 1.82) is 0 Å². The quantitative estimate of drug-likeness (QED) is 0.822. The highest BCUT2D eigenvalue weighted by atomic mass is 16.6. The molecule has 1 fully saturated rings. The second kappa shape index (κ2) is 4.88. The molecule has 0 radical (unpaired) electrons. The standard InChI is InChI=1S/C12H20N4O2/c1-12(2,3)18-11(17)16-6-4-15(5-7-16)10-8-13-9-14-10/h8-9H,4-7H2,1-3H3,(H,13,14). The maximum absolute atomic E-state index is 11.9. The molecule has 1 aromatic rings. The maximum atomic E-state index is 11.9. The lowest BCUT2D eigenvalue weighted by Gasteiger charge is -2.35. The second-order valence-electron chi connectivity index (χ2n) is 5.38. The monoisotopic (exact) mass is 252 g/mol. The number of nitrogens with zero attached hydrogens (tertiary/aromatic N) is 3. The number of anilines is 1. The molecule has 1 aromatic heterocycles. The first kappa shape index (κ1) is 12.7. The maximum Gasteiger partial charge on any atom is 0.410 e. The van der Waals surface area contributed by atoms with Crippen molar-refractivity contribution < 1.29 is 9.53 Å². The molecule has 1 aliphatic heterocycles. The topological polar surface area (TPSA) is 61.5 Å². The fraction of sp³-hybridized carbons (Fsp3) is 0.667. The molecule has 1 N–H and O–H groups in total. The van der Waals surface area contributed by atoms with Crippen LogP contribution in [0.15, 0.2) is 12.5 Å². The summed E-state index contributed by atoms with van der Waals surface area (Å²) in [6.07, 6.45) is 3.29. The number of H-pyrrole nitrogens is 1. The molecule has 100 valence electrons. The van der Waals surface area contributed by atoms with Crippen molar-refractivity contribution in [2.75, 3.05) is 31.1 Å². The Hall–Kier alpha value is -1.72. The number of amides is 1. The van der Waals surface area contributed by atoms with Crippen LogP contribution >= 0.6 is 0 Å². The summed E-state index contributed by atoms with van der Waals surface area (Å²) in [5, 5.41) is 0. The lowest BCUT2D eigenvalue weighted by atomic mass is 10.2. The van der Waals surface area contributed by atoms with Crippen molar-refractivity contribution in [3.05, 3.63) is 12.5 Å². The Balaban J connectivity index is 1.85. The van der Waals surface area contributed by atoms with Crippen molar-refractivity contribution in [2.24, 2.45) is 0 Å². The normalized spacial score (nSPS) is 16.8. The van der Waals surface area contributed by atoms with Gasteiger partial charge < -0.3 is 19.5 Å². The summed E-state index contributed by atoms with van der Waals surface area (Å²) in [7, 11) is 0. The zero-order valence-electron chi connectivity index (χ0n) is 11.1. The molecule has 1 amide bonds. The number of piperazine rings is 1. The van der Waals surface area contributed by atoms with Gasteiger partial charge in [0.15, 0.2) is 0 Å². The predicted octanol–water partition coefficient (Wildman–Crippen LogP) is 1.47. The SMILES string of the molecule is CC(C)(C)OC(=O)N1CCN(c2c[nH]cn2)CC1. The predicted molar refractivity (Wildman–Crippen MR) is 68.6 cm³/mol. The van der Waals surface area contributed by atoms with E-state index in [-0.39, 0.29) is 6.09 Å². The molecule has 6 heteroatoms. The lowest BCUT2D eigenvalue weighted by Crippen LogP contribution is -2.50. The van der Waals surface area contributed by atoms with E-state index in [2.05, 4.69) is 14.9 Å². The summed E-state index contributed by atoms with van der Waals surface area (Å²) in [6.45, 7) is 8.54. The van der Waals surface area contributed by atoms with Crippen LogP contribution < -0.4 is 4.90 Å². The number of aromatic nitrogens is 2. The third-order valence-corrected chi connectivity index (χ3v) is 2.74. The summed E-state index contributed by atoms with van der Waals surface area (Å²) in [5.74, 6) is 0.929. The average Bonchev–Trinajstić information content (AvgIpc) is 2.80. The van der Waals surface area contributed by atoms with E-state index in [1.54, 1.807) is 11.2 Å². The Morgan fingerprint density at radius 2 is 2.00 bits per heavy atom. The van der Waals surface area contributed by atoms with Gasteiger partial charge in [-0.3, -0.25) is 0 Å². The van der Waals surface area contributed by atoms with Crippen molar-refractivity contribution >= 4 is 11.9 Å². The van der Waals surface area contributed by atoms with Crippen molar-refractivity contribution in [2.45, 2.75) is 26.4 Å². The van der Waals surface area contributed by atoms with Gasteiger partial charge in [-0.2, -0.15) is 0 Å². The van der Waals surface area contributed by atoms with Gasteiger partial charge in [-0.25, -0.2) is 9.78 Å². The minimum Gasteiger partial charge on any atom is -0.444 e. The van der Waals surface area contributed by atoms with Crippen molar-refractivity contribution in [1.82, 2.24) is 14.9 Å². The first-order chi connectivity index (χ1) is 8.46. The average molecular weight is 252 g/mol. The largest absolute Gasteiger partial charge is 0.444 e. The second-order valence-corrected chi connectivity index (χ2v) is 5.38. The van der Waals surface area contributed by atoms with Gasteiger partial charge in [0, 0.05) is 32.4 Å². The summed E-state index contributed by atoms with van der Waals surface area (Å²) < 4.78 is 5.35. The highest BCUT2D eigenvalue weighted by Gasteiger charge is 2.26. The van der Waals surface area contributed by atoms with Crippen LogP contribution in [0.4, 0.5) is 10.6 Å². The van der Waals surface area contributed by atoms with E-state index in [9.17, 15) is 4.79 Å². The number of hydrogen-bond donors (Lipinski definition) is 1. The van der Waals surface area contributed by atoms with E-state index in [0.717, 1.165) is 18.9 Å². The lowest BCUT2D eigenvalue weighted by molar-refractivity contribution is 0.0240. The van der Waals surface area contributed by atoms with Gasteiger partial charge in [0.05, 0.1) is 6.33 Å². The van der Waals surface area contributed by atoms with E-state index in [0.29, 0.717) is 13.1 Å². The van der Waals surface area contributed by atoms with Crippen LogP contribution in [-0.4, -0.2) is 52.7 Å². The zero-order chi connectivity index (χ0) is 13.2. The third-order valence-electron chi connectivity index (χ3n) is 2.74. The fourth-order valence-corrected chi connectivity index (χ4v) is 1.87. The Labute approximate surface area is 107 Å². The minimum absolute atomic E-state index is 0.232. The number of hydrogen-bond acceptors (Lipinski definition) is 4. The number of carbonyl (C=O) groups is 1. The molecule has 0 atom stereocenters. The fourth-order valence-electron chi connectivity index (χ4n) is 1.87. The Morgan fingerprint density at radius 3 is 2.50 bits per heavy atom. The summed E-state index contributed by atoms with van der Waals surface area (Å²) in [6, 6.07) is 0. The molecule has 0 unspecified atom stereocenters. The molecule has 6 nitrogen and oxygen atoms in total. The van der Waals surface area contributed by atoms with E-state index in [1.165, 1.54) is 0 Å². The Bertz CT molecular complexity index is 389. The third kappa shape index (κ3) is 3.15. The number of aromatic amines is 1. The number of rotatable bonds is 1. The van der Waals surface area contributed by atoms with Gasteiger partial charge in [0.2, 0.25) is 0 Å². The molecule has 2 rings (SSSR count). The highest BCUT2D eigenvalue weighted by molar-refractivity contribution is 5.68. The molecular weight excluding hydrogens is 232 g/mol. The van der Waals surface area contributed by atoms with Gasteiger partial charge in [0.1, 0.15) is 11.4 Å². The van der Waals surface area contributed by atoms with E-state index in [4.69, 9.17) is 4.74 Å². The molecular formula is C12H20N4O2. The van der Waals surface area contributed by atoms with Crippen LogP contribution in [0.1, 0.15) is 20.8 Å². The van der Waals surface area contributed by atoms with E-state index in [1.807, 2.05) is 27.0 Å². The molecule has 0 bridgehead atoms. The van der Waals surface area contributed by atoms with Crippen LogP contribution in [0.5, 0.6) is 0 Å². The van der Waals surface area contributed by atoms with Crippen molar-refractivity contribution in [3.63, 3.8) is 0 Å². The highest BCUT2D eigenvalue weighted by Crippen LogP contribution is 2.14. The van der Waals surface area contributed by atoms with E-state index < -0.39 is 5.60 Å². The van der Waals surface area contributed by atoms with E-state index >= 15 is 0 Å². The smallest absolute Gasteiger partial charge is 0.410 e. The van der Waals surface area contributed by atoms with Gasteiger partial charge in [-0.1, -0.05) is 0 Å². The summed E-state index contributed by atoms with van der Waals surface area (Å²) in [4.78, 5) is 22.9. The molecule has 18 heavy (non-hydrogen) atoms. The molecule has 0 aliphatic carbocycles. The minimum atomic E-state index is -0.434. The number of ether oxygens (including phenoxy) is 1. The molecule has 1 saturated heterocycles. The number of carbonyl (C=O) groups excluding carboxylic acids is 1. The van der Waals surface area contributed by atoms with Crippen LogP contribution in [0.25, 0.3) is 0 Å². The van der Waals surface area contributed by atoms with Crippen LogP contribution in [0.3, 0.4) is 0 Å².